The highest BCUT2D eigenvalue weighted by atomic mass is 16.5. The van der Waals surface area contributed by atoms with Crippen LogP contribution in [0.2, 0.25) is 0 Å². The molecule has 0 bridgehead atoms. The summed E-state index contributed by atoms with van der Waals surface area (Å²) in [5.41, 5.74) is 7.16. The van der Waals surface area contributed by atoms with E-state index in [1.54, 1.807) is 14.2 Å². The van der Waals surface area contributed by atoms with Crippen LogP contribution in [0, 0.1) is 0 Å². The molecule has 2 unspecified atom stereocenters. The Labute approximate surface area is 127 Å². The van der Waals surface area contributed by atoms with Gasteiger partial charge in [-0.15, -0.1) is 0 Å². The largest absolute Gasteiger partial charge is 0.497 e. The summed E-state index contributed by atoms with van der Waals surface area (Å²) in [7, 11) is 3.34. The average Bonchev–Trinajstić information content (AvgIpc) is 2.73. The lowest BCUT2D eigenvalue weighted by molar-refractivity contribution is 0.0609. The average molecular weight is 294 g/mol. The van der Waals surface area contributed by atoms with Crippen LogP contribution in [0.4, 0.5) is 0 Å². The molecule has 0 spiro atoms. The third-order valence-electron chi connectivity index (χ3n) is 3.95. The Bertz CT molecular complexity index is 453. The smallest absolute Gasteiger partial charge is 0.127 e. The van der Waals surface area contributed by atoms with E-state index in [2.05, 4.69) is 11.8 Å². The third kappa shape index (κ3) is 3.87. The van der Waals surface area contributed by atoms with Crippen molar-refractivity contribution < 1.29 is 14.2 Å². The molecule has 0 aliphatic carbocycles. The zero-order chi connectivity index (χ0) is 15.2. The fourth-order valence-corrected chi connectivity index (χ4v) is 2.88. The van der Waals surface area contributed by atoms with E-state index < -0.39 is 0 Å². The molecule has 5 heteroatoms. The summed E-state index contributed by atoms with van der Waals surface area (Å²) in [6.45, 7) is 5.35. The molecule has 0 aromatic heterocycles. The van der Waals surface area contributed by atoms with Crippen LogP contribution in [-0.4, -0.2) is 51.5 Å². The van der Waals surface area contributed by atoms with Gasteiger partial charge >= 0.3 is 0 Å². The van der Waals surface area contributed by atoms with Crippen LogP contribution < -0.4 is 15.2 Å². The molecule has 0 radical (unpaired) electrons. The molecule has 2 N–H and O–H groups in total. The zero-order valence-electron chi connectivity index (χ0n) is 13.2. The molecule has 1 saturated heterocycles. The van der Waals surface area contributed by atoms with Crippen molar-refractivity contribution in [3.05, 3.63) is 23.8 Å². The molecule has 0 amide bonds. The molecular weight excluding hydrogens is 268 g/mol. The van der Waals surface area contributed by atoms with Crippen LogP contribution in [0.3, 0.4) is 0 Å². The van der Waals surface area contributed by atoms with Gasteiger partial charge in [0, 0.05) is 37.9 Å². The lowest BCUT2D eigenvalue weighted by Gasteiger charge is -2.31. The second-order valence-electron chi connectivity index (χ2n) is 5.39. The van der Waals surface area contributed by atoms with Crippen LogP contribution in [0.15, 0.2) is 18.2 Å². The van der Waals surface area contributed by atoms with Crippen molar-refractivity contribution in [1.29, 1.82) is 0 Å². The number of nitrogens with zero attached hydrogens (tertiary/aromatic N) is 1. The molecule has 118 valence electrons. The van der Waals surface area contributed by atoms with Gasteiger partial charge in [-0.05, 0) is 19.4 Å². The molecule has 1 fully saturated rings. The Kier molecular flexibility index (Phi) is 5.85. The maximum Gasteiger partial charge on any atom is 0.127 e. The second-order valence-corrected chi connectivity index (χ2v) is 5.39. The summed E-state index contributed by atoms with van der Waals surface area (Å²) in [6.07, 6.45) is 1.25. The number of methoxy groups -OCH3 is 2. The van der Waals surface area contributed by atoms with Crippen molar-refractivity contribution in [2.75, 3.05) is 40.5 Å². The summed E-state index contributed by atoms with van der Waals surface area (Å²) < 4.78 is 16.5. The quantitative estimate of drug-likeness (QED) is 0.897. The maximum absolute atomic E-state index is 6.06. The Morgan fingerprint density at radius 2 is 2.19 bits per heavy atom. The van der Waals surface area contributed by atoms with Crippen LogP contribution in [0.25, 0.3) is 0 Å². The van der Waals surface area contributed by atoms with E-state index in [1.165, 1.54) is 0 Å². The summed E-state index contributed by atoms with van der Waals surface area (Å²) in [6, 6.07) is 6.05. The topological polar surface area (TPSA) is 57.0 Å². The predicted octanol–water partition coefficient (Wildman–Crippen LogP) is 1.81. The fourth-order valence-electron chi connectivity index (χ4n) is 2.88. The van der Waals surface area contributed by atoms with Gasteiger partial charge in [0.25, 0.3) is 0 Å². The Balaban J connectivity index is 2.27. The minimum atomic E-state index is 0.134. The summed E-state index contributed by atoms with van der Waals surface area (Å²) >= 11 is 0. The van der Waals surface area contributed by atoms with Crippen molar-refractivity contribution in [2.45, 2.75) is 25.5 Å². The normalized spacial score (nSPS) is 21.6. The van der Waals surface area contributed by atoms with Gasteiger partial charge in [0.1, 0.15) is 11.5 Å². The first-order chi connectivity index (χ1) is 10.2. The number of hydrogen-bond donors (Lipinski definition) is 1. The zero-order valence-corrected chi connectivity index (χ0v) is 13.2. The molecule has 2 rings (SSSR count). The van der Waals surface area contributed by atoms with E-state index >= 15 is 0 Å². The van der Waals surface area contributed by atoms with Gasteiger partial charge in [0.05, 0.1) is 26.4 Å². The van der Waals surface area contributed by atoms with E-state index in [1.807, 2.05) is 18.2 Å². The van der Waals surface area contributed by atoms with E-state index in [-0.39, 0.29) is 12.1 Å². The Morgan fingerprint density at radius 3 is 2.86 bits per heavy atom. The first-order valence-corrected chi connectivity index (χ1v) is 7.47. The van der Waals surface area contributed by atoms with Gasteiger partial charge in [0.15, 0.2) is 0 Å². The predicted molar refractivity (Wildman–Crippen MR) is 82.9 cm³/mol. The highest BCUT2D eigenvalue weighted by molar-refractivity contribution is 5.42. The molecule has 0 saturated carbocycles. The van der Waals surface area contributed by atoms with Gasteiger partial charge in [-0.25, -0.2) is 0 Å². The van der Waals surface area contributed by atoms with E-state index in [4.69, 9.17) is 19.9 Å². The first-order valence-electron chi connectivity index (χ1n) is 7.47. The standard InChI is InChI=1S/C16H26N2O3/c1-12-11-18(7-4-8-21-12)15(10-17)14-6-5-13(19-2)9-16(14)20-3/h5-6,9,12,15H,4,7-8,10-11,17H2,1-3H3. The van der Waals surface area contributed by atoms with Crippen molar-refractivity contribution in [3.63, 3.8) is 0 Å². The number of benzene rings is 1. The molecule has 1 aliphatic heterocycles. The lowest BCUT2D eigenvalue weighted by atomic mass is 10.0. The van der Waals surface area contributed by atoms with Gasteiger partial charge in [-0.3, -0.25) is 4.90 Å². The van der Waals surface area contributed by atoms with Crippen LogP contribution in [-0.2, 0) is 4.74 Å². The molecule has 1 aromatic carbocycles. The van der Waals surface area contributed by atoms with E-state index in [0.717, 1.165) is 43.2 Å². The summed E-state index contributed by atoms with van der Waals surface area (Å²) in [4.78, 5) is 2.39. The van der Waals surface area contributed by atoms with Crippen molar-refractivity contribution in [1.82, 2.24) is 4.90 Å². The molecule has 21 heavy (non-hydrogen) atoms. The van der Waals surface area contributed by atoms with Crippen molar-refractivity contribution >= 4 is 0 Å². The number of hydrogen-bond acceptors (Lipinski definition) is 5. The van der Waals surface area contributed by atoms with Crippen LogP contribution in [0.1, 0.15) is 24.9 Å². The summed E-state index contributed by atoms with van der Waals surface area (Å²) in [5.74, 6) is 1.61. The molecule has 1 aliphatic rings. The molecular formula is C16H26N2O3. The van der Waals surface area contributed by atoms with Crippen molar-refractivity contribution in [2.24, 2.45) is 5.73 Å². The van der Waals surface area contributed by atoms with Crippen LogP contribution >= 0.6 is 0 Å². The SMILES string of the molecule is COc1ccc(C(CN)N2CCCOC(C)C2)c(OC)c1. The maximum atomic E-state index is 6.06. The molecule has 1 heterocycles. The van der Waals surface area contributed by atoms with Gasteiger partial charge in [-0.1, -0.05) is 6.07 Å². The van der Waals surface area contributed by atoms with Gasteiger partial charge in [0.2, 0.25) is 0 Å². The van der Waals surface area contributed by atoms with E-state index in [0.29, 0.717) is 6.54 Å². The minimum Gasteiger partial charge on any atom is -0.497 e. The second kappa shape index (κ2) is 7.64. The van der Waals surface area contributed by atoms with Crippen LogP contribution in [0.5, 0.6) is 11.5 Å². The third-order valence-corrected chi connectivity index (χ3v) is 3.95. The fraction of sp³-hybridized carbons (Fsp3) is 0.625. The molecule has 1 aromatic rings. The summed E-state index contributed by atoms with van der Waals surface area (Å²) in [5, 5.41) is 0. The lowest BCUT2D eigenvalue weighted by Crippen LogP contribution is -2.37. The molecule has 2 atom stereocenters. The molecule has 5 nitrogen and oxygen atoms in total. The Hall–Kier alpha value is -1.30. The number of nitrogens with two attached hydrogens (primary N) is 1. The van der Waals surface area contributed by atoms with Crippen molar-refractivity contribution in [3.8, 4) is 11.5 Å². The first kappa shape index (κ1) is 16.1. The highest BCUT2D eigenvalue weighted by Crippen LogP contribution is 2.32. The van der Waals surface area contributed by atoms with Gasteiger partial charge in [-0.2, -0.15) is 0 Å². The van der Waals surface area contributed by atoms with Gasteiger partial charge < -0.3 is 19.9 Å². The number of rotatable bonds is 5. The van der Waals surface area contributed by atoms with E-state index in [9.17, 15) is 0 Å². The highest BCUT2D eigenvalue weighted by Gasteiger charge is 2.25. The monoisotopic (exact) mass is 294 g/mol. The number of ether oxygens (including phenoxy) is 3. The Morgan fingerprint density at radius 1 is 1.38 bits per heavy atom. The minimum absolute atomic E-state index is 0.134.